The number of ketones is 1. The topological polar surface area (TPSA) is 79.4 Å². The Balaban J connectivity index is 1.32. The molecule has 0 N–H and O–H groups in total. The molecule has 39 heavy (non-hydrogen) atoms. The molecule has 0 spiro atoms. The Kier molecular flexibility index (Phi) is 9.06. The quantitative estimate of drug-likeness (QED) is 0.234. The summed E-state index contributed by atoms with van der Waals surface area (Å²) in [5.41, 5.74) is 1.49. The summed E-state index contributed by atoms with van der Waals surface area (Å²) in [5, 5.41) is 1.22. The zero-order valence-electron chi connectivity index (χ0n) is 22.5. The zero-order chi connectivity index (χ0) is 27.2. The van der Waals surface area contributed by atoms with Gasteiger partial charge in [0.05, 0.1) is 24.1 Å². The van der Waals surface area contributed by atoms with E-state index in [1.165, 1.54) is 0 Å². The van der Waals surface area contributed by atoms with Crippen LogP contribution in [0.1, 0.15) is 31.2 Å². The second kappa shape index (κ2) is 12.9. The van der Waals surface area contributed by atoms with Crippen molar-refractivity contribution in [2.75, 3.05) is 53.7 Å². The van der Waals surface area contributed by atoms with Gasteiger partial charge in [-0.3, -0.25) is 9.78 Å². The van der Waals surface area contributed by atoms with Crippen LogP contribution in [0.15, 0.2) is 36.5 Å². The summed E-state index contributed by atoms with van der Waals surface area (Å²) >= 11 is 6.54. The molecule has 2 aliphatic rings. The van der Waals surface area contributed by atoms with Crippen molar-refractivity contribution in [3.8, 4) is 28.7 Å². The zero-order valence-corrected chi connectivity index (χ0v) is 23.3. The fourth-order valence-electron chi connectivity index (χ4n) is 4.63. The number of rotatable bonds is 14. The molecule has 0 saturated heterocycles. The van der Waals surface area contributed by atoms with Crippen LogP contribution in [-0.4, -0.2) is 69.3 Å². The Bertz CT molecular complexity index is 1310. The van der Waals surface area contributed by atoms with E-state index in [-0.39, 0.29) is 5.78 Å². The van der Waals surface area contributed by atoms with E-state index < -0.39 is 0 Å². The summed E-state index contributed by atoms with van der Waals surface area (Å²) in [4.78, 5) is 19.1. The van der Waals surface area contributed by atoms with E-state index >= 15 is 0 Å². The number of likely N-dealkylation sites (N-methyl/N-ethyl adjacent to an activating group) is 1. The van der Waals surface area contributed by atoms with Crippen molar-refractivity contribution in [2.45, 2.75) is 32.1 Å². The molecule has 208 valence electrons. The second-order valence-electron chi connectivity index (χ2n) is 10.1. The molecule has 1 saturated carbocycles. The summed E-state index contributed by atoms with van der Waals surface area (Å²) in [6.45, 7) is 3.85. The van der Waals surface area contributed by atoms with Crippen molar-refractivity contribution in [3.63, 3.8) is 0 Å². The van der Waals surface area contributed by atoms with Crippen LogP contribution in [0.3, 0.4) is 0 Å². The third kappa shape index (κ3) is 7.12. The van der Waals surface area contributed by atoms with Crippen LogP contribution < -0.4 is 18.9 Å². The molecule has 1 fully saturated rings. The fraction of sp³-hybridized carbons (Fsp3) is 0.467. The normalized spacial score (nSPS) is 14.6. The smallest absolute Gasteiger partial charge is 0.204 e. The van der Waals surface area contributed by atoms with Gasteiger partial charge >= 0.3 is 0 Å². The molecule has 0 amide bonds. The van der Waals surface area contributed by atoms with Gasteiger partial charge in [0.25, 0.3) is 0 Å². The third-order valence-electron chi connectivity index (χ3n) is 6.92. The number of hydrogen-bond donors (Lipinski definition) is 0. The van der Waals surface area contributed by atoms with Crippen LogP contribution in [0.4, 0.5) is 0 Å². The number of pyridine rings is 1. The maximum Gasteiger partial charge on any atom is 0.204 e. The van der Waals surface area contributed by atoms with Crippen molar-refractivity contribution >= 4 is 28.3 Å². The maximum absolute atomic E-state index is 12.3. The molecule has 9 heteroatoms. The number of nitrogens with zero attached hydrogens (tertiary/aromatic N) is 2. The Hall–Kier alpha value is -3.07. The van der Waals surface area contributed by atoms with Crippen LogP contribution in [0.25, 0.3) is 10.9 Å². The van der Waals surface area contributed by atoms with Gasteiger partial charge in [-0.25, -0.2) is 0 Å². The predicted octanol–water partition coefficient (Wildman–Crippen LogP) is 5.71. The van der Waals surface area contributed by atoms with Crippen molar-refractivity contribution in [1.29, 1.82) is 0 Å². The van der Waals surface area contributed by atoms with E-state index in [1.807, 2.05) is 18.2 Å². The second-order valence-corrected chi connectivity index (χ2v) is 10.6. The molecule has 3 aromatic rings. The molecule has 0 atom stereocenters. The standard InChI is InChI=1S/C30H35ClN2O6/c1-33(11-13-35-2)10-3-12-36-27-19-25-28(30-29(27)37-14-15-38-30)26(8-9-32-25)39-23-7-6-21(24(31)18-23)17-22(34)16-20-4-5-20/h6-9,18-20H,3-5,10-17H2,1-2H3. The van der Waals surface area contributed by atoms with Gasteiger partial charge in [0.2, 0.25) is 5.75 Å². The maximum atomic E-state index is 12.3. The molecule has 0 radical (unpaired) electrons. The molecule has 2 aromatic carbocycles. The molecular weight excluding hydrogens is 520 g/mol. The number of Topliss-reactive ketones (excluding diaryl/α,β-unsaturated/α-hetero) is 1. The number of fused-ring (bicyclic) bond motifs is 3. The van der Waals surface area contributed by atoms with Gasteiger partial charge < -0.3 is 28.6 Å². The van der Waals surface area contributed by atoms with Crippen LogP contribution in [0, 0.1) is 5.92 Å². The molecule has 5 rings (SSSR count). The van der Waals surface area contributed by atoms with E-state index in [1.54, 1.807) is 25.4 Å². The molecule has 1 aliphatic heterocycles. The lowest BCUT2D eigenvalue weighted by molar-refractivity contribution is -0.118. The molecule has 8 nitrogen and oxygen atoms in total. The fourth-order valence-corrected chi connectivity index (χ4v) is 4.87. The van der Waals surface area contributed by atoms with Gasteiger partial charge in [0, 0.05) is 50.3 Å². The number of hydrogen-bond acceptors (Lipinski definition) is 8. The summed E-state index contributed by atoms with van der Waals surface area (Å²) in [7, 11) is 3.77. The van der Waals surface area contributed by atoms with Crippen LogP contribution in [0.2, 0.25) is 5.02 Å². The molecule has 1 aromatic heterocycles. The number of methoxy groups -OCH3 is 1. The van der Waals surface area contributed by atoms with Gasteiger partial charge in [-0.05, 0) is 56.0 Å². The predicted molar refractivity (Wildman–Crippen MR) is 150 cm³/mol. The average molecular weight is 555 g/mol. The van der Waals surface area contributed by atoms with E-state index in [0.29, 0.717) is 89.9 Å². The summed E-state index contributed by atoms with van der Waals surface area (Å²) in [5.74, 6) is 3.65. The summed E-state index contributed by atoms with van der Waals surface area (Å²) in [6.07, 6.45) is 5.85. The summed E-state index contributed by atoms with van der Waals surface area (Å²) < 4.78 is 29.6. The van der Waals surface area contributed by atoms with Gasteiger partial charge in [-0.2, -0.15) is 0 Å². The highest BCUT2D eigenvalue weighted by Gasteiger charge is 2.26. The highest BCUT2D eigenvalue weighted by atomic mass is 35.5. The lowest BCUT2D eigenvalue weighted by atomic mass is 10.0. The van der Waals surface area contributed by atoms with Gasteiger partial charge in [-0.15, -0.1) is 0 Å². The minimum absolute atomic E-state index is 0.230. The van der Waals surface area contributed by atoms with Crippen LogP contribution >= 0.6 is 11.6 Å². The molecule has 1 aliphatic carbocycles. The first-order chi connectivity index (χ1) is 19.0. The molecule has 0 unspecified atom stereocenters. The van der Waals surface area contributed by atoms with Crippen LogP contribution in [-0.2, 0) is 16.0 Å². The van der Waals surface area contributed by atoms with E-state index in [0.717, 1.165) is 37.9 Å². The lowest BCUT2D eigenvalue weighted by Gasteiger charge is -2.24. The average Bonchev–Trinajstić information content (AvgIpc) is 3.75. The molecule has 0 bridgehead atoms. The Morgan fingerprint density at radius 2 is 1.90 bits per heavy atom. The van der Waals surface area contributed by atoms with E-state index in [2.05, 4.69) is 16.9 Å². The minimum atomic E-state index is 0.230. The van der Waals surface area contributed by atoms with Crippen molar-refractivity contribution in [1.82, 2.24) is 9.88 Å². The van der Waals surface area contributed by atoms with Crippen molar-refractivity contribution in [3.05, 3.63) is 47.1 Å². The van der Waals surface area contributed by atoms with Crippen LogP contribution in [0.5, 0.6) is 28.7 Å². The largest absolute Gasteiger partial charge is 0.489 e. The Morgan fingerprint density at radius 1 is 1.08 bits per heavy atom. The summed E-state index contributed by atoms with van der Waals surface area (Å²) in [6, 6.07) is 9.10. The Labute approximate surface area is 234 Å². The number of ether oxygens (including phenoxy) is 5. The Morgan fingerprint density at radius 3 is 2.67 bits per heavy atom. The number of carbonyl (C=O) groups is 1. The van der Waals surface area contributed by atoms with E-state index in [4.69, 9.17) is 35.3 Å². The van der Waals surface area contributed by atoms with E-state index in [9.17, 15) is 4.79 Å². The number of halogens is 1. The SMILES string of the molecule is COCCN(C)CCCOc1cc2nccc(Oc3ccc(CC(=O)CC4CC4)c(Cl)c3)c2c2c1OCCO2. The highest BCUT2D eigenvalue weighted by molar-refractivity contribution is 6.31. The number of benzene rings is 2. The lowest BCUT2D eigenvalue weighted by Crippen LogP contribution is -2.25. The first kappa shape index (κ1) is 27.5. The highest BCUT2D eigenvalue weighted by Crippen LogP contribution is 2.48. The third-order valence-corrected chi connectivity index (χ3v) is 7.27. The van der Waals surface area contributed by atoms with Gasteiger partial charge in [0.1, 0.15) is 30.5 Å². The van der Waals surface area contributed by atoms with Gasteiger partial charge in [-0.1, -0.05) is 17.7 Å². The minimum Gasteiger partial charge on any atom is -0.489 e. The molecular formula is C30H35ClN2O6. The first-order valence-corrected chi connectivity index (χ1v) is 13.9. The first-order valence-electron chi connectivity index (χ1n) is 13.5. The van der Waals surface area contributed by atoms with Gasteiger partial charge in [0.15, 0.2) is 11.5 Å². The number of carbonyl (C=O) groups excluding carboxylic acids is 1. The number of aromatic nitrogens is 1. The van der Waals surface area contributed by atoms with Crippen molar-refractivity contribution < 1.29 is 28.5 Å². The monoisotopic (exact) mass is 554 g/mol. The molecule has 2 heterocycles. The van der Waals surface area contributed by atoms with Crippen molar-refractivity contribution in [2.24, 2.45) is 5.92 Å².